The maximum Gasteiger partial charge on any atom is 0.220 e. The van der Waals surface area contributed by atoms with Gasteiger partial charge < -0.3 is 40.3 Å². The molecule has 7 unspecified atom stereocenters. The van der Waals surface area contributed by atoms with E-state index in [0.717, 1.165) is 128 Å². The second-order valence-corrected chi connectivity index (χ2v) is 25.4. The van der Waals surface area contributed by atoms with Crippen LogP contribution in [0.15, 0.2) is 134 Å². The van der Waals surface area contributed by atoms with Crippen LogP contribution in [0.2, 0.25) is 0 Å². The average Bonchev–Trinajstić information content (AvgIpc) is 1.28. The Kier molecular flexibility index (Phi) is 63.9. The van der Waals surface area contributed by atoms with E-state index in [1.807, 2.05) is 6.08 Å². The molecule has 0 aromatic carbocycles. The van der Waals surface area contributed by atoms with Crippen LogP contribution in [0.1, 0.15) is 316 Å². The van der Waals surface area contributed by atoms with Gasteiger partial charge in [0.1, 0.15) is 24.4 Å². The van der Waals surface area contributed by atoms with E-state index < -0.39 is 49.5 Å². The summed E-state index contributed by atoms with van der Waals surface area (Å²) in [5, 5.41) is 54.8. The van der Waals surface area contributed by atoms with Crippen molar-refractivity contribution in [3.05, 3.63) is 134 Å². The van der Waals surface area contributed by atoms with E-state index in [4.69, 9.17) is 9.47 Å². The number of nitrogens with one attached hydrogen (secondary N) is 1. The molecular weight excluding hydrogens is 1110 g/mol. The number of hydrogen-bond acceptors (Lipinski definition) is 8. The van der Waals surface area contributed by atoms with E-state index in [1.165, 1.54) is 167 Å². The average molecular weight is 1260 g/mol. The minimum atomic E-state index is -1.58. The first kappa shape index (κ1) is 84.3. The van der Waals surface area contributed by atoms with Crippen molar-refractivity contribution in [2.45, 2.75) is 358 Å². The smallest absolute Gasteiger partial charge is 0.220 e. The number of ether oxygens (including phenoxy) is 2. The van der Waals surface area contributed by atoms with Crippen LogP contribution in [0.5, 0.6) is 0 Å². The Balaban J connectivity index is 2.16. The van der Waals surface area contributed by atoms with E-state index in [9.17, 15) is 30.3 Å². The molecule has 1 aliphatic heterocycles. The molecule has 0 aromatic rings. The van der Waals surface area contributed by atoms with E-state index in [-0.39, 0.29) is 12.5 Å². The summed E-state index contributed by atoms with van der Waals surface area (Å²) in [6, 6.07) is -0.825. The summed E-state index contributed by atoms with van der Waals surface area (Å²) < 4.78 is 11.3. The highest BCUT2D eigenvalue weighted by atomic mass is 16.7. The van der Waals surface area contributed by atoms with Crippen LogP contribution in [-0.2, 0) is 14.3 Å². The highest BCUT2D eigenvalue weighted by Crippen LogP contribution is 2.23. The molecule has 0 radical (unpaired) electrons. The van der Waals surface area contributed by atoms with Gasteiger partial charge in [-0.2, -0.15) is 0 Å². The Morgan fingerprint density at radius 3 is 1.02 bits per heavy atom. The third-order valence-electron chi connectivity index (χ3n) is 17.0. The Morgan fingerprint density at radius 1 is 0.389 bits per heavy atom. The molecule has 0 aliphatic carbocycles. The number of amides is 1. The standard InChI is InChI=1S/C81H139NO8/c1-3-5-7-9-11-13-15-17-19-21-23-25-27-29-31-33-35-36-37-38-39-40-41-43-45-47-49-51-53-55-57-59-61-63-65-67-69-71-77(85)82-74(73-89-81-80(88)79(87)78(86)76(72-83)90-81)75(84)70-68-66-64-62-60-58-56-54-52-50-48-46-44-42-34-32-30-28-26-24-22-20-18-16-14-12-10-8-6-4-2/h5,7,11,13,17,19,23,25,29,31,35-36,38-39,41,43,47,49,53,55,68,70,74-76,78-81,83-84,86-88H,3-4,6,8-10,12,14-16,18,20-22,24,26-28,30,32-34,37,40,42,44-46,48,50-52,54,56-67,69,71-73H2,1-2H3,(H,82,85)/b7-5-,13-11-,19-17-,25-23-,31-29-,36-35-,39-38-,43-41-,49-47-,55-53-,70-68+. The van der Waals surface area contributed by atoms with Crippen LogP contribution in [-0.4, -0.2) is 87.5 Å². The largest absolute Gasteiger partial charge is 0.394 e. The van der Waals surface area contributed by atoms with Crippen molar-refractivity contribution in [1.29, 1.82) is 0 Å². The third kappa shape index (κ3) is 55.9. The summed E-state index contributed by atoms with van der Waals surface area (Å²) in [6.07, 6.45) is 97.0. The number of carbonyl (C=O) groups excluding carboxylic acids is 1. The summed E-state index contributed by atoms with van der Waals surface area (Å²) in [5.74, 6) is -0.193. The summed E-state index contributed by atoms with van der Waals surface area (Å²) >= 11 is 0. The van der Waals surface area contributed by atoms with Crippen LogP contribution < -0.4 is 5.32 Å². The fourth-order valence-electron chi connectivity index (χ4n) is 11.2. The fourth-order valence-corrected chi connectivity index (χ4v) is 11.2. The van der Waals surface area contributed by atoms with Crippen molar-refractivity contribution in [2.24, 2.45) is 0 Å². The molecule has 516 valence electrons. The maximum absolute atomic E-state index is 13.1. The SMILES string of the molecule is CC/C=C\C/C=C\C/C=C\C/C=C\C/C=C\C/C=C\C/C=C\C/C=C\C/C=C\C/C=C\CCCCCCCCC(=O)NC(COC1OC(CO)C(O)C(O)C1O)C(O)/C=C/CCCCCCCCCCCCCCCCCCCCCCCCCCCCCC. The van der Waals surface area contributed by atoms with Gasteiger partial charge in [0.05, 0.1) is 25.4 Å². The quantitative estimate of drug-likeness (QED) is 0.0261. The molecule has 7 atom stereocenters. The van der Waals surface area contributed by atoms with Crippen LogP contribution in [0.3, 0.4) is 0 Å². The minimum Gasteiger partial charge on any atom is -0.394 e. The van der Waals surface area contributed by atoms with Gasteiger partial charge in [-0.1, -0.05) is 347 Å². The highest BCUT2D eigenvalue weighted by Gasteiger charge is 2.44. The number of carbonyl (C=O) groups is 1. The number of aliphatic hydroxyl groups excluding tert-OH is 5. The van der Waals surface area contributed by atoms with Crippen LogP contribution >= 0.6 is 0 Å². The fraction of sp³-hybridized carbons (Fsp3) is 0.716. The number of unbranched alkanes of at least 4 members (excludes halogenated alkanes) is 34. The summed E-state index contributed by atoms with van der Waals surface area (Å²) in [5.41, 5.74) is 0. The lowest BCUT2D eigenvalue weighted by molar-refractivity contribution is -0.302. The van der Waals surface area contributed by atoms with Crippen molar-refractivity contribution >= 4 is 5.91 Å². The number of allylic oxidation sites excluding steroid dienone is 21. The topological polar surface area (TPSA) is 149 Å². The van der Waals surface area contributed by atoms with E-state index >= 15 is 0 Å². The first-order valence-corrected chi connectivity index (χ1v) is 37.4. The number of hydrogen-bond donors (Lipinski definition) is 6. The molecule has 1 saturated heterocycles. The Morgan fingerprint density at radius 2 is 0.689 bits per heavy atom. The van der Waals surface area contributed by atoms with Crippen LogP contribution in [0, 0.1) is 0 Å². The second kappa shape index (κ2) is 68.2. The first-order chi connectivity index (χ1) is 44.3. The van der Waals surface area contributed by atoms with Gasteiger partial charge in [0.15, 0.2) is 6.29 Å². The molecule has 9 nitrogen and oxygen atoms in total. The summed E-state index contributed by atoms with van der Waals surface area (Å²) in [4.78, 5) is 13.1. The molecule has 0 bridgehead atoms. The van der Waals surface area contributed by atoms with Crippen molar-refractivity contribution < 1.29 is 39.8 Å². The predicted octanol–water partition coefficient (Wildman–Crippen LogP) is 21.1. The summed E-state index contributed by atoms with van der Waals surface area (Å²) in [6.45, 7) is 3.68. The Labute approximate surface area is 553 Å². The van der Waals surface area contributed by atoms with Crippen molar-refractivity contribution in [1.82, 2.24) is 5.32 Å². The van der Waals surface area contributed by atoms with E-state index in [1.54, 1.807) is 6.08 Å². The zero-order valence-corrected chi connectivity index (χ0v) is 57.9. The third-order valence-corrected chi connectivity index (χ3v) is 17.0. The monoisotopic (exact) mass is 1250 g/mol. The molecule has 90 heavy (non-hydrogen) atoms. The van der Waals surface area contributed by atoms with Gasteiger partial charge in [0, 0.05) is 6.42 Å². The predicted molar refractivity (Wildman–Crippen MR) is 387 cm³/mol. The van der Waals surface area contributed by atoms with Gasteiger partial charge in [-0.25, -0.2) is 0 Å². The highest BCUT2D eigenvalue weighted by molar-refractivity contribution is 5.76. The second-order valence-electron chi connectivity index (χ2n) is 25.4. The van der Waals surface area contributed by atoms with E-state index in [2.05, 4.69) is 141 Å². The lowest BCUT2D eigenvalue weighted by atomic mass is 9.99. The molecule has 0 saturated carbocycles. The zero-order chi connectivity index (χ0) is 64.9. The van der Waals surface area contributed by atoms with Gasteiger partial charge in [0.2, 0.25) is 5.91 Å². The minimum absolute atomic E-state index is 0.193. The number of aliphatic hydroxyl groups is 5. The molecule has 1 rings (SSSR count). The first-order valence-electron chi connectivity index (χ1n) is 37.4. The van der Waals surface area contributed by atoms with Crippen molar-refractivity contribution in [2.75, 3.05) is 13.2 Å². The number of rotatable bonds is 64. The van der Waals surface area contributed by atoms with Gasteiger partial charge in [-0.3, -0.25) is 4.79 Å². The molecule has 1 heterocycles. The molecule has 1 fully saturated rings. The van der Waals surface area contributed by atoms with Gasteiger partial charge in [-0.15, -0.1) is 0 Å². The van der Waals surface area contributed by atoms with Crippen LogP contribution in [0.25, 0.3) is 0 Å². The Hall–Kier alpha value is -3.67. The Bertz CT molecular complexity index is 1890. The van der Waals surface area contributed by atoms with Crippen molar-refractivity contribution in [3.63, 3.8) is 0 Å². The molecular formula is C81H139NO8. The molecule has 0 spiro atoms. The van der Waals surface area contributed by atoms with Gasteiger partial charge >= 0.3 is 0 Å². The molecule has 6 N–H and O–H groups in total. The summed E-state index contributed by atoms with van der Waals surface area (Å²) in [7, 11) is 0. The molecule has 9 heteroatoms. The normalized spacial score (nSPS) is 18.6. The lowest BCUT2D eigenvalue weighted by Gasteiger charge is -2.40. The molecule has 1 amide bonds. The molecule has 1 aliphatic rings. The van der Waals surface area contributed by atoms with E-state index in [0.29, 0.717) is 6.42 Å². The molecule has 0 aromatic heterocycles. The van der Waals surface area contributed by atoms with Crippen LogP contribution in [0.4, 0.5) is 0 Å². The lowest BCUT2D eigenvalue weighted by Crippen LogP contribution is -2.60. The van der Waals surface area contributed by atoms with Crippen molar-refractivity contribution in [3.8, 4) is 0 Å². The van der Waals surface area contributed by atoms with Gasteiger partial charge in [0.25, 0.3) is 0 Å². The maximum atomic E-state index is 13.1. The zero-order valence-electron chi connectivity index (χ0n) is 57.9. The van der Waals surface area contributed by atoms with Gasteiger partial charge in [-0.05, 0) is 96.3 Å².